The van der Waals surface area contributed by atoms with Gasteiger partial charge in [0.15, 0.2) is 0 Å². The van der Waals surface area contributed by atoms with E-state index >= 15 is 0 Å². The lowest BCUT2D eigenvalue weighted by Crippen LogP contribution is -2.33. The average Bonchev–Trinajstić information content (AvgIpc) is 2.41. The smallest absolute Gasteiger partial charge is 0.376 e. The number of benzene rings is 1. The molecule has 0 aliphatic carbocycles. The Morgan fingerprint density at radius 3 is 2.30 bits per heavy atom. The van der Waals surface area contributed by atoms with E-state index in [9.17, 15) is 31.7 Å². The van der Waals surface area contributed by atoms with Crippen molar-refractivity contribution in [2.45, 2.75) is 25.1 Å². The number of hydrogen-bond acceptors (Lipinski definition) is 5. The number of anilines is 1. The van der Waals surface area contributed by atoms with Crippen molar-refractivity contribution < 1.29 is 26.5 Å². The summed E-state index contributed by atoms with van der Waals surface area (Å²) in [5.74, 6) is -0.313. The fourth-order valence-electron chi connectivity index (χ4n) is 2.35. The fourth-order valence-corrected chi connectivity index (χ4v) is 4.29. The van der Waals surface area contributed by atoms with Crippen LogP contribution in [0.5, 0.6) is 0 Å². The number of nitrogens with one attached hydrogen (secondary N) is 1. The Bertz CT molecular complexity index is 723. The van der Waals surface area contributed by atoms with Crippen LogP contribution in [0.15, 0.2) is 16.6 Å². The minimum Gasteiger partial charge on any atom is -0.376 e. The zero-order valence-corrected chi connectivity index (χ0v) is 14.0. The number of nitrogens with zero attached hydrogens (tertiary/aromatic N) is 1. The number of rotatable bonds is 3. The second-order valence-corrected chi connectivity index (χ2v) is 8.39. The van der Waals surface area contributed by atoms with Crippen molar-refractivity contribution in [3.63, 3.8) is 0 Å². The van der Waals surface area contributed by atoms with E-state index in [-0.39, 0.29) is 28.8 Å². The molecule has 1 heterocycles. The molecule has 0 spiro atoms. The van der Waals surface area contributed by atoms with Crippen molar-refractivity contribution >= 4 is 37.1 Å². The van der Waals surface area contributed by atoms with Crippen LogP contribution in [0.3, 0.4) is 0 Å². The summed E-state index contributed by atoms with van der Waals surface area (Å²) in [6, 6.07) is 1.17. The van der Waals surface area contributed by atoms with Gasteiger partial charge in [0.2, 0.25) is 0 Å². The molecule has 1 aromatic carbocycles. The van der Waals surface area contributed by atoms with Gasteiger partial charge in [-0.15, -0.1) is 0 Å². The Kier molecular flexibility index (Phi) is 4.90. The van der Waals surface area contributed by atoms with Crippen LogP contribution < -0.4 is 5.32 Å². The molecule has 0 amide bonds. The molecule has 0 aromatic heterocycles. The zero-order valence-electron chi connectivity index (χ0n) is 11.6. The first-order chi connectivity index (χ1) is 10.5. The van der Waals surface area contributed by atoms with Gasteiger partial charge >= 0.3 is 6.18 Å². The molecule has 2 rings (SSSR count). The van der Waals surface area contributed by atoms with E-state index in [1.54, 1.807) is 0 Å². The van der Waals surface area contributed by atoms with E-state index in [4.69, 9.17) is 0 Å². The van der Waals surface area contributed by atoms with Gasteiger partial charge in [0, 0.05) is 16.6 Å². The van der Waals surface area contributed by atoms with Crippen LogP contribution in [0.4, 0.5) is 24.5 Å². The predicted octanol–water partition coefficient (Wildman–Crippen LogP) is 3.37. The van der Waals surface area contributed by atoms with E-state index in [2.05, 4.69) is 21.2 Å². The van der Waals surface area contributed by atoms with Gasteiger partial charge in [-0.1, -0.05) is 15.9 Å². The van der Waals surface area contributed by atoms with Crippen molar-refractivity contribution in [3.05, 3.63) is 32.3 Å². The molecule has 1 aliphatic heterocycles. The van der Waals surface area contributed by atoms with Crippen LogP contribution in [0.25, 0.3) is 0 Å². The molecule has 11 heteroatoms. The third-order valence-electron chi connectivity index (χ3n) is 3.49. The first-order valence-corrected chi connectivity index (χ1v) is 9.13. The van der Waals surface area contributed by atoms with Crippen LogP contribution in [0.2, 0.25) is 0 Å². The maximum atomic E-state index is 13.2. The number of sulfone groups is 1. The first-order valence-electron chi connectivity index (χ1n) is 6.52. The summed E-state index contributed by atoms with van der Waals surface area (Å²) in [6.07, 6.45) is -4.57. The summed E-state index contributed by atoms with van der Waals surface area (Å²) in [7, 11) is -3.18. The predicted molar refractivity (Wildman–Crippen MR) is 81.1 cm³/mol. The standard InChI is InChI=1S/C12H12BrF3N2O4S/c13-7-5-9(12(14,15)16)11(10(6-7)18(19)20)17-8-1-3-23(21,22)4-2-8/h5-6,8,17H,1-4H2. The molecule has 128 valence electrons. The lowest BCUT2D eigenvalue weighted by Gasteiger charge is -2.25. The zero-order chi connectivity index (χ0) is 17.4. The Hall–Kier alpha value is -1.36. The average molecular weight is 417 g/mol. The first kappa shape index (κ1) is 18.0. The van der Waals surface area contributed by atoms with Gasteiger partial charge in [0.05, 0.1) is 22.0 Å². The molecular formula is C12H12BrF3N2O4S. The van der Waals surface area contributed by atoms with Crippen molar-refractivity contribution in [3.8, 4) is 0 Å². The second-order valence-electron chi connectivity index (χ2n) is 5.17. The molecule has 1 saturated heterocycles. The molecular weight excluding hydrogens is 405 g/mol. The quantitative estimate of drug-likeness (QED) is 0.602. The Morgan fingerprint density at radius 1 is 1.26 bits per heavy atom. The monoisotopic (exact) mass is 416 g/mol. The summed E-state index contributed by atoms with van der Waals surface area (Å²) in [4.78, 5) is 10.2. The molecule has 1 aliphatic rings. The molecule has 0 atom stereocenters. The molecule has 23 heavy (non-hydrogen) atoms. The molecule has 0 unspecified atom stereocenters. The summed E-state index contributed by atoms with van der Waals surface area (Å²) in [6.45, 7) is 0. The van der Waals surface area contributed by atoms with Gasteiger partial charge in [-0.25, -0.2) is 8.42 Å². The van der Waals surface area contributed by atoms with Crippen LogP contribution >= 0.6 is 15.9 Å². The van der Waals surface area contributed by atoms with E-state index in [1.165, 1.54) is 0 Å². The molecule has 0 bridgehead atoms. The molecule has 0 saturated carbocycles. The molecule has 1 aromatic rings. The van der Waals surface area contributed by atoms with E-state index in [1.807, 2.05) is 0 Å². The van der Waals surface area contributed by atoms with Gasteiger partial charge in [0.25, 0.3) is 5.69 Å². The third-order valence-corrected chi connectivity index (χ3v) is 5.66. The topological polar surface area (TPSA) is 89.3 Å². The highest BCUT2D eigenvalue weighted by atomic mass is 79.9. The number of nitro groups is 1. The van der Waals surface area contributed by atoms with Crippen LogP contribution in [0.1, 0.15) is 18.4 Å². The largest absolute Gasteiger partial charge is 0.418 e. The van der Waals surface area contributed by atoms with Crippen LogP contribution in [0, 0.1) is 10.1 Å². The van der Waals surface area contributed by atoms with Gasteiger partial charge in [-0.2, -0.15) is 13.2 Å². The van der Waals surface area contributed by atoms with E-state index in [0.29, 0.717) is 0 Å². The summed E-state index contributed by atoms with van der Waals surface area (Å²) < 4.78 is 62.2. The van der Waals surface area contributed by atoms with Gasteiger partial charge in [-0.05, 0) is 18.9 Å². The summed E-state index contributed by atoms with van der Waals surface area (Å²) in [5, 5.41) is 13.6. The SMILES string of the molecule is O=[N+]([O-])c1cc(Br)cc(C(F)(F)F)c1NC1CCS(=O)(=O)CC1. The van der Waals surface area contributed by atoms with E-state index in [0.717, 1.165) is 12.1 Å². The number of hydrogen-bond donors (Lipinski definition) is 1. The Labute approximate surface area is 138 Å². The normalized spacial score (nSPS) is 18.6. The maximum Gasteiger partial charge on any atom is 0.418 e. The number of nitro benzene ring substituents is 1. The lowest BCUT2D eigenvalue weighted by atomic mass is 10.1. The van der Waals surface area contributed by atoms with Crippen molar-refractivity contribution in [1.82, 2.24) is 0 Å². The lowest BCUT2D eigenvalue weighted by molar-refractivity contribution is -0.384. The molecule has 1 N–H and O–H groups in total. The molecule has 6 nitrogen and oxygen atoms in total. The molecule has 0 radical (unpaired) electrons. The second kappa shape index (κ2) is 6.27. The van der Waals surface area contributed by atoms with Gasteiger partial charge < -0.3 is 5.32 Å². The fraction of sp³-hybridized carbons (Fsp3) is 0.500. The van der Waals surface area contributed by atoms with E-state index < -0.39 is 43.9 Å². The van der Waals surface area contributed by atoms with Crippen molar-refractivity contribution in [2.24, 2.45) is 0 Å². The minimum absolute atomic E-state index is 0.0618. The van der Waals surface area contributed by atoms with Crippen molar-refractivity contribution in [2.75, 3.05) is 16.8 Å². The highest BCUT2D eigenvalue weighted by molar-refractivity contribution is 9.10. The number of halogens is 4. The van der Waals surface area contributed by atoms with Gasteiger partial charge in [0.1, 0.15) is 15.5 Å². The summed E-state index contributed by atoms with van der Waals surface area (Å²) in [5.41, 5.74) is -2.50. The number of alkyl halides is 3. The van der Waals surface area contributed by atoms with Crippen LogP contribution in [-0.2, 0) is 16.0 Å². The van der Waals surface area contributed by atoms with Crippen molar-refractivity contribution in [1.29, 1.82) is 0 Å². The Morgan fingerprint density at radius 2 is 1.83 bits per heavy atom. The van der Waals surface area contributed by atoms with Crippen LogP contribution in [-0.4, -0.2) is 30.9 Å². The third kappa shape index (κ3) is 4.34. The van der Waals surface area contributed by atoms with Gasteiger partial charge in [-0.3, -0.25) is 10.1 Å². The highest BCUT2D eigenvalue weighted by Gasteiger charge is 2.38. The molecule has 1 fully saturated rings. The Balaban J connectivity index is 2.41. The highest BCUT2D eigenvalue weighted by Crippen LogP contribution is 2.42. The summed E-state index contributed by atoms with van der Waals surface area (Å²) >= 11 is 2.84. The maximum absolute atomic E-state index is 13.2. The minimum atomic E-state index is -4.78.